The van der Waals surface area contributed by atoms with Gasteiger partial charge in [-0.3, -0.25) is 4.79 Å². The van der Waals surface area contributed by atoms with Crippen LogP contribution >= 0.6 is 0 Å². The quantitative estimate of drug-likeness (QED) is 0.470. The Kier molecular flexibility index (Phi) is 7.93. The molecular formula is C25H21FN2O4. The average molecular weight is 432 g/mol. The minimum absolute atomic E-state index is 0.00734. The molecule has 0 fully saturated rings. The number of benzene rings is 3. The van der Waals surface area contributed by atoms with Crippen molar-refractivity contribution in [2.45, 2.75) is 6.42 Å². The fourth-order valence-corrected chi connectivity index (χ4v) is 3.06. The van der Waals surface area contributed by atoms with Crippen LogP contribution in [-0.2, 0) is 14.3 Å². The zero-order valence-electron chi connectivity index (χ0n) is 17.2. The van der Waals surface area contributed by atoms with Gasteiger partial charge in [-0.25, -0.2) is 9.18 Å². The first-order valence-corrected chi connectivity index (χ1v) is 9.95. The first-order valence-electron chi connectivity index (χ1n) is 9.95. The summed E-state index contributed by atoms with van der Waals surface area (Å²) in [6.45, 7) is -1.01. The summed E-state index contributed by atoms with van der Waals surface area (Å²) in [5.74, 6) is -1.48. The first kappa shape index (κ1) is 22.5. The lowest BCUT2D eigenvalue weighted by atomic mass is 10.1. The maximum atomic E-state index is 14.1. The zero-order valence-corrected chi connectivity index (χ0v) is 17.2. The highest BCUT2D eigenvalue weighted by Crippen LogP contribution is 2.29. The molecule has 7 heteroatoms. The van der Waals surface area contributed by atoms with Crippen molar-refractivity contribution < 1.29 is 23.5 Å². The Morgan fingerprint density at radius 2 is 1.59 bits per heavy atom. The molecule has 0 spiro atoms. The minimum atomic E-state index is -0.741. The molecule has 0 saturated carbocycles. The van der Waals surface area contributed by atoms with Crippen LogP contribution in [-0.4, -0.2) is 31.6 Å². The SMILES string of the molecule is N#CCCN(C(=O)COC(=O)COc1ccccc1-c1ccccc1)c1ccccc1F. The molecule has 3 aromatic rings. The molecule has 0 unspecified atom stereocenters. The van der Waals surface area contributed by atoms with Crippen LogP contribution in [0.15, 0.2) is 78.9 Å². The molecule has 0 bridgehead atoms. The number of para-hydroxylation sites is 2. The standard InChI is InChI=1S/C25H21FN2O4/c26-21-12-5-6-13-22(21)28(16-8-15-27)24(29)17-32-25(30)18-31-23-14-7-4-11-20(23)19-9-2-1-3-10-19/h1-7,9-14H,8,16-18H2. The molecule has 1 amide bonds. The number of hydrogen-bond acceptors (Lipinski definition) is 5. The number of hydrogen-bond donors (Lipinski definition) is 0. The molecule has 3 rings (SSSR count). The van der Waals surface area contributed by atoms with Crippen LogP contribution in [0.1, 0.15) is 6.42 Å². The molecule has 0 aliphatic heterocycles. The Labute approximate surface area is 185 Å². The van der Waals surface area contributed by atoms with E-state index in [9.17, 15) is 14.0 Å². The Bertz CT molecular complexity index is 1110. The summed E-state index contributed by atoms with van der Waals surface area (Å²) in [6.07, 6.45) is 0.00734. The number of esters is 1. The Hall–Kier alpha value is -4.18. The van der Waals surface area contributed by atoms with Gasteiger partial charge in [0.1, 0.15) is 11.6 Å². The van der Waals surface area contributed by atoms with E-state index < -0.39 is 30.9 Å². The van der Waals surface area contributed by atoms with Gasteiger partial charge in [0, 0.05) is 12.1 Å². The van der Waals surface area contributed by atoms with Crippen LogP contribution < -0.4 is 9.64 Å². The average Bonchev–Trinajstić information content (AvgIpc) is 2.83. The molecular weight excluding hydrogens is 411 g/mol. The van der Waals surface area contributed by atoms with Crippen molar-refractivity contribution in [3.05, 3.63) is 84.7 Å². The van der Waals surface area contributed by atoms with Crippen LogP contribution in [0.2, 0.25) is 0 Å². The smallest absolute Gasteiger partial charge is 0.344 e. The van der Waals surface area contributed by atoms with Crippen molar-refractivity contribution in [2.24, 2.45) is 0 Å². The number of amides is 1. The van der Waals surface area contributed by atoms with E-state index in [1.54, 1.807) is 18.2 Å². The molecule has 0 atom stereocenters. The molecule has 3 aromatic carbocycles. The van der Waals surface area contributed by atoms with Crippen LogP contribution in [0, 0.1) is 17.1 Å². The molecule has 32 heavy (non-hydrogen) atoms. The lowest BCUT2D eigenvalue weighted by Gasteiger charge is -2.22. The molecule has 0 N–H and O–H groups in total. The number of halogens is 1. The Morgan fingerprint density at radius 1 is 0.906 bits per heavy atom. The van der Waals surface area contributed by atoms with Crippen molar-refractivity contribution in [1.29, 1.82) is 5.26 Å². The number of ether oxygens (including phenoxy) is 2. The maximum Gasteiger partial charge on any atom is 0.344 e. The largest absolute Gasteiger partial charge is 0.481 e. The van der Waals surface area contributed by atoms with Crippen molar-refractivity contribution in [2.75, 3.05) is 24.7 Å². The van der Waals surface area contributed by atoms with E-state index in [0.29, 0.717) is 5.75 Å². The minimum Gasteiger partial charge on any atom is -0.481 e. The summed E-state index contributed by atoms with van der Waals surface area (Å²) >= 11 is 0. The molecule has 0 aromatic heterocycles. The van der Waals surface area contributed by atoms with Gasteiger partial charge in [0.15, 0.2) is 13.2 Å². The third kappa shape index (κ3) is 5.92. The Balaban J connectivity index is 1.59. The number of rotatable bonds is 9. The van der Waals surface area contributed by atoms with Gasteiger partial charge in [-0.05, 0) is 23.8 Å². The second kappa shape index (κ2) is 11.3. The highest BCUT2D eigenvalue weighted by molar-refractivity contribution is 5.95. The van der Waals surface area contributed by atoms with Crippen molar-refractivity contribution >= 4 is 17.6 Å². The van der Waals surface area contributed by atoms with Crippen LogP contribution in [0.25, 0.3) is 11.1 Å². The van der Waals surface area contributed by atoms with Gasteiger partial charge in [-0.15, -0.1) is 0 Å². The summed E-state index contributed by atoms with van der Waals surface area (Å²) in [5.41, 5.74) is 1.78. The van der Waals surface area contributed by atoms with Crippen LogP contribution in [0.3, 0.4) is 0 Å². The van der Waals surface area contributed by atoms with E-state index in [-0.39, 0.29) is 18.7 Å². The van der Waals surface area contributed by atoms with E-state index in [1.807, 2.05) is 48.5 Å². The maximum absolute atomic E-state index is 14.1. The van der Waals surface area contributed by atoms with E-state index >= 15 is 0 Å². The number of carbonyl (C=O) groups excluding carboxylic acids is 2. The summed E-state index contributed by atoms with van der Waals surface area (Å²) < 4.78 is 24.8. The predicted molar refractivity (Wildman–Crippen MR) is 117 cm³/mol. The topological polar surface area (TPSA) is 79.6 Å². The van der Waals surface area contributed by atoms with E-state index in [0.717, 1.165) is 16.0 Å². The zero-order chi connectivity index (χ0) is 22.8. The fourth-order valence-electron chi connectivity index (χ4n) is 3.06. The van der Waals surface area contributed by atoms with Gasteiger partial charge < -0.3 is 14.4 Å². The van der Waals surface area contributed by atoms with Gasteiger partial charge in [-0.1, -0.05) is 60.7 Å². The summed E-state index contributed by atoms with van der Waals surface area (Å²) in [6, 6.07) is 24.5. The van der Waals surface area contributed by atoms with E-state index in [2.05, 4.69) is 0 Å². The molecule has 0 saturated heterocycles. The number of anilines is 1. The van der Waals surface area contributed by atoms with Crippen molar-refractivity contribution in [1.82, 2.24) is 0 Å². The number of nitriles is 1. The normalized spacial score (nSPS) is 10.1. The monoisotopic (exact) mass is 432 g/mol. The fraction of sp³-hybridized carbons (Fsp3) is 0.160. The lowest BCUT2D eigenvalue weighted by molar-refractivity contribution is -0.149. The second-order valence-electron chi connectivity index (χ2n) is 6.72. The number of carbonyl (C=O) groups is 2. The van der Waals surface area contributed by atoms with Gasteiger partial charge in [0.2, 0.25) is 0 Å². The molecule has 0 aliphatic rings. The van der Waals surface area contributed by atoms with Crippen LogP contribution in [0.5, 0.6) is 5.75 Å². The Morgan fingerprint density at radius 3 is 2.34 bits per heavy atom. The second-order valence-corrected chi connectivity index (χ2v) is 6.72. The first-order chi connectivity index (χ1) is 15.6. The molecule has 0 heterocycles. The van der Waals surface area contributed by atoms with Gasteiger partial charge in [0.25, 0.3) is 5.91 Å². The van der Waals surface area contributed by atoms with Crippen molar-refractivity contribution in [3.63, 3.8) is 0 Å². The molecule has 0 radical (unpaired) electrons. The van der Waals surface area contributed by atoms with E-state index in [1.165, 1.54) is 18.2 Å². The molecule has 162 valence electrons. The van der Waals surface area contributed by atoms with Crippen LogP contribution in [0.4, 0.5) is 10.1 Å². The highest BCUT2D eigenvalue weighted by Gasteiger charge is 2.20. The number of nitrogens with zero attached hydrogens (tertiary/aromatic N) is 2. The van der Waals surface area contributed by atoms with Gasteiger partial charge in [0.05, 0.1) is 18.2 Å². The van der Waals surface area contributed by atoms with Gasteiger partial charge in [-0.2, -0.15) is 5.26 Å². The van der Waals surface area contributed by atoms with Gasteiger partial charge >= 0.3 is 5.97 Å². The summed E-state index contributed by atoms with van der Waals surface area (Å²) in [7, 11) is 0. The summed E-state index contributed by atoms with van der Waals surface area (Å²) in [4.78, 5) is 25.8. The highest BCUT2D eigenvalue weighted by atomic mass is 19.1. The van der Waals surface area contributed by atoms with E-state index in [4.69, 9.17) is 14.7 Å². The third-order valence-electron chi connectivity index (χ3n) is 4.57. The molecule has 6 nitrogen and oxygen atoms in total. The predicted octanol–water partition coefficient (Wildman–Crippen LogP) is 4.36. The third-order valence-corrected chi connectivity index (χ3v) is 4.57. The molecule has 0 aliphatic carbocycles. The summed E-state index contributed by atoms with van der Waals surface area (Å²) in [5, 5.41) is 8.83. The van der Waals surface area contributed by atoms with Crippen molar-refractivity contribution in [3.8, 4) is 22.9 Å². The lowest BCUT2D eigenvalue weighted by Crippen LogP contribution is -2.36.